The van der Waals surface area contributed by atoms with Gasteiger partial charge in [-0.3, -0.25) is 4.79 Å². The summed E-state index contributed by atoms with van der Waals surface area (Å²) in [6.07, 6.45) is -1.23. The van der Waals surface area contributed by atoms with Crippen molar-refractivity contribution < 1.29 is 23.8 Å². The van der Waals surface area contributed by atoms with Crippen LogP contribution in [-0.2, 0) is 9.59 Å². The lowest BCUT2D eigenvalue weighted by atomic mass is 10.1. The highest BCUT2D eigenvalue weighted by Crippen LogP contribution is 2.19. The minimum atomic E-state index is -1.23. The van der Waals surface area contributed by atoms with Crippen LogP contribution in [0.1, 0.15) is 20.8 Å². The maximum atomic E-state index is 12.8. The molecule has 128 valence electrons. The molecule has 0 radical (unpaired) electrons. The number of benzene rings is 1. The molecule has 0 saturated carbocycles. The lowest BCUT2D eigenvalue weighted by Gasteiger charge is -2.21. The number of halogens is 1. The first-order chi connectivity index (χ1) is 10.8. The van der Waals surface area contributed by atoms with Gasteiger partial charge < -0.3 is 15.2 Å². The van der Waals surface area contributed by atoms with Crippen LogP contribution in [0.4, 0.5) is 4.39 Å². The van der Waals surface area contributed by atoms with Crippen molar-refractivity contribution in [2.24, 2.45) is 5.92 Å². The minimum Gasteiger partial charge on any atom is -0.478 e. The van der Waals surface area contributed by atoms with Crippen LogP contribution in [-0.4, -0.2) is 40.6 Å². The number of hydrogen-bond donors (Lipinski definition) is 2. The Kier molecular flexibility index (Phi) is 7.88. The summed E-state index contributed by atoms with van der Waals surface area (Å²) in [5.74, 6) is -0.670. The summed E-state index contributed by atoms with van der Waals surface area (Å²) in [5.41, 5.74) is 0. The zero-order valence-corrected chi connectivity index (χ0v) is 14.2. The number of aliphatic carboxylic acids is 1. The maximum Gasteiger partial charge on any atom is 0.346 e. The van der Waals surface area contributed by atoms with Crippen LogP contribution in [0.2, 0.25) is 0 Å². The predicted molar refractivity (Wildman–Crippen MR) is 88.2 cm³/mol. The van der Waals surface area contributed by atoms with Crippen molar-refractivity contribution in [3.05, 3.63) is 30.1 Å². The molecule has 2 atom stereocenters. The molecule has 0 aromatic heterocycles. The molecule has 7 heteroatoms. The van der Waals surface area contributed by atoms with Gasteiger partial charge in [0.2, 0.25) is 12.0 Å². The Bertz CT molecular complexity index is 521. The Morgan fingerprint density at radius 3 is 2.39 bits per heavy atom. The SMILES string of the molecule is CCSC(C(=O)NCC(Oc1ccc(F)cc1)C(=O)O)C(C)C. The normalized spacial score (nSPS) is 13.4. The maximum absolute atomic E-state index is 12.8. The summed E-state index contributed by atoms with van der Waals surface area (Å²) in [4.78, 5) is 23.4. The van der Waals surface area contributed by atoms with E-state index in [9.17, 15) is 19.1 Å². The first-order valence-corrected chi connectivity index (χ1v) is 8.44. The lowest BCUT2D eigenvalue weighted by Crippen LogP contribution is -2.44. The third kappa shape index (κ3) is 6.48. The van der Waals surface area contributed by atoms with Crippen LogP contribution in [0.25, 0.3) is 0 Å². The second-order valence-electron chi connectivity index (χ2n) is 5.26. The van der Waals surface area contributed by atoms with Gasteiger partial charge >= 0.3 is 5.97 Å². The number of carbonyl (C=O) groups is 2. The molecule has 0 aliphatic heterocycles. The molecule has 0 bridgehead atoms. The molecule has 2 unspecified atom stereocenters. The van der Waals surface area contributed by atoms with Crippen LogP contribution < -0.4 is 10.1 Å². The van der Waals surface area contributed by atoms with Gasteiger partial charge in [0.1, 0.15) is 11.6 Å². The summed E-state index contributed by atoms with van der Waals surface area (Å²) < 4.78 is 18.1. The Hall–Kier alpha value is -1.76. The number of nitrogens with one attached hydrogen (secondary N) is 1. The molecule has 1 aromatic carbocycles. The van der Waals surface area contributed by atoms with Gasteiger partial charge in [-0.15, -0.1) is 11.8 Å². The molecule has 2 N–H and O–H groups in total. The Morgan fingerprint density at radius 1 is 1.30 bits per heavy atom. The van der Waals surface area contributed by atoms with Crippen LogP contribution in [0.5, 0.6) is 5.75 Å². The van der Waals surface area contributed by atoms with E-state index in [1.165, 1.54) is 36.0 Å². The van der Waals surface area contributed by atoms with Crippen molar-refractivity contribution in [3.63, 3.8) is 0 Å². The van der Waals surface area contributed by atoms with Crippen molar-refractivity contribution in [2.75, 3.05) is 12.3 Å². The Morgan fingerprint density at radius 2 is 1.91 bits per heavy atom. The van der Waals surface area contributed by atoms with E-state index < -0.39 is 17.9 Å². The van der Waals surface area contributed by atoms with E-state index in [-0.39, 0.29) is 29.4 Å². The van der Waals surface area contributed by atoms with Gasteiger partial charge in [0.15, 0.2) is 0 Å². The molecule has 0 spiro atoms. The van der Waals surface area contributed by atoms with Crippen molar-refractivity contribution in [1.82, 2.24) is 5.32 Å². The second kappa shape index (κ2) is 9.39. The van der Waals surface area contributed by atoms with E-state index >= 15 is 0 Å². The van der Waals surface area contributed by atoms with E-state index in [1.54, 1.807) is 0 Å². The average molecular weight is 343 g/mol. The molecule has 1 aromatic rings. The summed E-state index contributed by atoms with van der Waals surface area (Å²) in [6.45, 7) is 5.69. The topological polar surface area (TPSA) is 75.6 Å². The van der Waals surface area contributed by atoms with Crippen molar-refractivity contribution in [2.45, 2.75) is 32.1 Å². The Balaban J connectivity index is 2.64. The highest BCUT2D eigenvalue weighted by molar-refractivity contribution is 8.00. The van der Waals surface area contributed by atoms with Gasteiger partial charge in [0, 0.05) is 0 Å². The Labute approximate surface area is 139 Å². The van der Waals surface area contributed by atoms with E-state index in [1.807, 2.05) is 20.8 Å². The van der Waals surface area contributed by atoms with Crippen LogP contribution in [0, 0.1) is 11.7 Å². The van der Waals surface area contributed by atoms with E-state index in [0.717, 1.165) is 5.75 Å². The van der Waals surface area contributed by atoms with Crippen LogP contribution >= 0.6 is 11.8 Å². The zero-order chi connectivity index (χ0) is 17.4. The fraction of sp³-hybridized carbons (Fsp3) is 0.500. The smallest absolute Gasteiger partial charge is 0.346 e. The minimum absolute atomic E-state index is 0.140. The first kappa shape index (κ1) is 19.3. The number of carboxylic acids is 1. The van der Waals surface area contributed by atoms with E-state index in [4.69, 9.17) is 4.74 Å². The zero-order valence-electron chi connectivity index (χ0n) is 13.4. The molecule has 0 fully saturated rings. The lowest BCUT2D eigenvalue weighted by molar-refractivity contribution is -0.145. The van der Waals surface area contributed by atoms with Crippen molar-refractivity contribution in [1.29, 1.82) is 0 Å². The molecule has 0 saturated heterocycles. The highest BCUT2D eigenvalue weighted by atomic mass is 32.2. The number of amides is 1. The number of thioether (sulfide) groups is 1. The predicted octanol–water partition coefficient (Wildman–Crippen LogP) is 2.55. The number of hydrogen-bond acceptors (Lipinski definition) is 4. The van der Waals surface area contributed by atoms with Gasteiger partial charge in [-0.05, 0) is 35.9 Å². The van der Waals surface area contributed by atoms with E-state index in [0.29, 0.717) is 0 Å². The summed E-state index contributed by atoms with van der Waals surface area (Å²) in [5, 5.41) is 11.6. The van der Waals surface area contributed by atoms with Crippen LogP contribution in [0.15, 0.2) is 24.3 Å². The molecule has 0 aliphatic rings. The largest absolute Gasteiger partial charge is 0.478 e. The van der Waals surface area contributed by atoms with Gasteiger partial charge in [0.25, 0.3) is 0 Å². The third-order valence-electron chi connectivity index (χ3n) is 3.04. The summed E-state index contributed by atoms with van der Waals surface area (Å²) >= 11 is 1.52. The molecular formula is C16H22FNO4S. The summed E-state index contributed by atoms with van der Waals surface area (Å²) in [6, 6.07) is 5.05. The second-order valence-corrected chi connectivity index (χ2v) is 6.68. The molecule has 23 heavy (non-hydrogen) atoms. The van der Waals surface area contributed by atoms with Gasteiger partial charge in [0.05, 0.1) is 11.8 Å². The number of rotatable bonds is 9. The average Bonchev–Trinajstić information content (AvgIpc) is 2.49. The molecule has 1 amide bonds. The summed E-state index contributed by atoms with van der Waals surface area (Å²) in [7, 11) is 0. The van der Waals surface area contributed by atoms with Gasteiger partial charge in [-0.1, -0.05) is 20.8 Å². The van der Waals surface area contributed by atoms with Gasteiger partial charge in [-0.2, -0.15) is 0 Å². The number of ether oxygens (including phenoxy) is 1. The molecule has 1 rings (SSSR count). The van der Waals surface area contributed by atoms with E-state index in [2.05, 4.69) is 5.32 Å². The first-order valence-electron chi connectivity index (χ1n) is 7.39. The monoisotopic (exact) mass is 343 g/mol. The third-order valence-corrected chi connectivity index (χ3v) is 4.49. The van der Waals surface area contributed by atoms with Gasteiger partial charge in [-0.25, -0.2) is 9.18 Å². The quantitative estimate of drug-likeness (QED) is 0.721. The number of carboxylic acid groups (broad SMARTS) is 1. The molecule has 5 nitrogen and oxygen atoms in total. The van der Waals surface area contributed by atoms with Crippen molar-refractivity contribution in [3.8, 4) is 5.75 Å². The molecular weight excluding hydrogens is 321 g/mol. The fourth-order valence-corrected chi connectivity index (χ4v) is 2.88. The van der Waals surface area contributed by atoms with Crippen LogP contribution in [0.3, 0.4) is 0 Å². The number of carbonyl (C=O) groups excluding carboxylic acids is 1. The molecule has 0 aliphatic carbocycles. The van der Waals surface area contributed by atoms with Crippen molar-refractivity contribution >= 4 is 23.6 Å². The molecule has 0 heterocycles. The standard InChI is InChI=1S/C16H22FNO4S/c1-4-23-14(10(2)3)15(19)18-9-13(16(20)21)22-12-7-5-11(17)6-8-12/h5-8,10,13-14H,4,9H2,1-3H3,(H,18,19)(H,20,21). The highest BCUT2D eigenvalue weighted by Gasteiger charge is 2.25. The fourth-order valence-electron chi connectivity index (χ4n) is 1.90.